The van der Waals surface area contributed by atoms with Crippen LogP contribution in [0.25, 0.3) is 0 Å². The number of carboxylic acid groups (broad SMARTS) is 1. The third-order valence-electron chi connectivity index (χ3n) is 6.03. The number of carbonyl (C=O) groups is 2. The highest BCUT2D eigenvalue weighted by Gasteiger charge is 2.43. The molecule has 1 aliphatic rings. The largest absolute Gasteiger partial charge is 0.573 e. The Morgan fingerprint density at radius 1 is 1.00 bits per heavy atom. The number of carbonyl (C=O) groups excluding carboxylic acids is 1. The number of amides is 2. The van der Waals surface area contributed by atoms with Crippen LogP contribution in [0.15, 0.2) is 36.4 Å². The lowest BCUT2D eigenvalue weighted by Gasteiger charge is -2.27. The summed E-state index contributed by atoms with van der Waals surface area (Å²) in [6.45, 7) is 3.88. The van der Waals surface area contributed by atoms with E-state index >= 15 is 0 Å². The van der Waals surface area contributed by atoms with Gasteiger partial charge in [0.1, 0.15) is 11.9 Å². The highest BCUT2D eigenvalue weighted by atomic mass is 19.4. The van der Waals surface area contributed by atoms with E-state index < -0.39 is 72.0 Å². The summed E-state index contributed by atoms with van der Waals surface area (Å²) in [6.07, 6.45) is -19.7. The first kappa shape index (κ1) is 31.7. The third kappa shape index (κ3) is 7.67. The maximum atomic E-state index is 13.4. The highest BCUT2D eigenvalue weighted by molar-refractivity contribution is 5.87. The first-order valence-electron chi connectivity index (χ1n) is 11.8. The van der Waals surface area contributed by atoms with Crippen molar-refractivity contribution in [1.82, 2.24) is 4.90 Å². The standard InChI is InChI=1S/C25H23F9N2O5/c1-12(2)10-36(21(37)38)19-5-4-18(41-25(32,33)34)8-15(19)11-35-13(3)20(40-22(35)39)14-6-16(23(26,27)28)9-17(7-14)24(29,30)31/h4-9,12-13,20H,10-11H2,1-3H3,(H,37,38)/t13-,20-/m0/s1. The van der Waals surface area contributed by atoms with E-state index in [1.54, 1.807) is 13.8 Å². The molecule has 2 aromatic rings. The summed E-state index contributed by atoms with van der Waals surface area (Å²) >= 11 is 0. The van der Waals surface area contributed by atoms with E-state index in [0.717, 1.165) is 28.0 Å². The van der Waals surface area contributed by atoms with Gasteiger partial charge in [0, 0.05) is 6.54 Å². The Morgan fingerprint density at radius 3 is 2.02 bits per heavy atom. The Labute approximate surface area is 227 Å². The number of benzene rings is 2. The van der Waals surface area contributed by atoms with Crippen molar-refractivity contribution in [3.8, 4) is 5.75 Å². The first-order chi connectivity index (χ1) is 18.7. The molecule has 1 aliphatic heterocycles. The molecular weight excluding hydrogens is 579 g/mol. The molecule has 1 N–H and O–H groups in total. The lowest BCUT2D eigenvalue weighted by molar-refractivity contribution is -0.274. The van der Waals surface area contributed by atoms with Crippen LogP contribution in [0.4, 0.5) is 54.8 Å². The number of hydrogen-bond acceptors (Lipinski definition) is 4. The molecule has 0 aliphatic carbocycles. The summed E-state index contributed by atoms with van der Waals surface area (Å²) in [5.41, 5.74) is -4.16. The monoisotopic (exact) mass is 602 g/mol. The van der Waals surface area contributed by atoms with Crippen molar-refractivity contribution in [2.24, 2.45) is 5.92 Å². The van der Waals surface area contributed by atoms with Crippen molar-refractivity contribution in [2.75, 3.05) is 11.4 Å². The van der Waals surface area contributed by atoms with E-state index in [0.29, 0.717) is 12.1 Å². The van der Waals surface area contributed by atoms with Gasteiger partial charge in [0.15, 0.2) is 0 Å². The zero-order valence-corrected chi connectivity index (χ0v) is 21.5. The summed E-state index contributed by atoms with van der Waals surface area (Å²) in [7, 11) is 0. The third-order valence-corrected chi connectivity index (χ3v) is 6.03. The SMILES string of the molecule is CC(C)CN(C(=O)O)c1ccc(OC(F)(F)F)cc1CN1C(=O)O[C@H](c2cc(C(F)(F)F)cc(C(F)(F)F)c2)[C@@H]1C. The van der Waals surface area contributed by atoms with E-state index in [4.69, 9.17) is 4.74 Å². The Balaban J connectivity index is 2.05. The van der Waals surface area contributed by atoms with Gasteiger partial charge in [0.25, 0.3) is 0 Å². The van der Waals surface area contributed by atoms with Crippen molar-refractivity contribution < 1.29 is 63.7 Å². The summed E-state index contributed by atoms with van der Waals surface area (Å²) in [4.78, 5) is 26.4. The number of halogens is 9. The molecule has 1 saturated heterocycles. The minimum absolute atomic E-state index is 0.0870. The lowest BCUT2D eigenvalue weighted by atomic mass is 9.97. The van der Waals surface area contributed by atoms with Gasteiger partial charge >= 0.3 is 30.9 Å². The van der Waals surface area contributed by atoms with E-state index in [1.807, 2.05) is 0 Å². The number of cyclic esters (lactones) is 1. The van der Waals surface area contributed by atoms with Gasteiger partial charge in [-0.05, 0) is 60.4 Å². The van der Waals surface area contributed by atoms with Crippen molar-refractivity contribution in [2.45, 2.75) is 58.2 Å². The molecule has 2 aromatic carbocycles. The Bertz CT molecular complexity index is 1260. The molecule has 0 saturated carbocycles. The van der Waals surface area contributed by atoms with Gasteiger partial charge in [0.2, 0.25) is 0 Å². The average Bonchev–Trinajstić information content (AvgIpc) is 3.08. The molecule has 0 bridgehead atoms. The number of alkyl halides is 9. The van der Waals surface area contributed by atoms with Gasteiger partial charge in [-0.2, -0.15) is 26.3 Å². The quantitative estimate of drug-likeness (QED) is 0.327. The van der Waals surface area contributed by atoms with Crippen LogP contribution in [0.1, 0.15) is 49.1 Å². The minimum Gasteiger partial charge on any atom is -0.465 e. The molecule has 16 heteroatoms. The van der Waals surface area contributed by atoms with E-state index in [9.17, 15) is 54.2 Å². The van der Waals surface area contributed by atoms with Crippen LogP contribution in [0.2, 0.25) is 0 Å². The predicted octanol–water partition coefficient (Wildman–Crippen LogP) is 7.85. The maximum Gasteiger partial charge on any atom is 0.573 e. The fourth-order valence-corrected chi connectivity index (χ4v) is 4.28. The molecule has 2 amide bonds. The van der Waals surface area contributed by atoms with Gasteiger partial charge in [-0.25, -0.2) is 9.59 Å². The molecule has 226 valence electrons. The van der Waals surface area contributed by atoms with Crippen molar-refractivity contribution in [3.63, 3.8) is 0 Å². The summed E-state index contributed by atoms with van der Waals surface area (Å²) in [6, 6.07) is 2.22. The fraction of sp³-hybridized carbons (Fsp3) is 0.440. The smallest absolute Gasteiger partial charge is 0.465 e. The van der Waals surface area contributed by atoms with Crippen LogP contribution in [-0.4, -0.2) is 41.1 Å². The summed E-state index contributed by atoms with van der Waals surface area (Å²) < 4.78 is 128. The highest BCUT2D eigenvalue weighted by Crippen LogP contribution is 2.42. The Morgan fingerprint density at radius 2 is 1.56 bits per heavy atom. The average molecular weight is 602 g/mol. The topological polar surface area (TPSA) is 79.3 Å². The molecule has 1 fully saturated rings. The van der Waals surface area contributed by atoms with Crippen LogP contribution in [0.5, 0.6) is 5.75 Å². The molecule has 0 radical (unpaired) electrons. The molecule has 0 aromatic heterocycles. The fourth-order valence-electron chi connectivity index (χ4n) is 4.28. The molecule has 7 nitrogen and oxygen atoms in total. The molecular formula is C25H23F9N2O5. The van der Waals surface area contributed by atoms with Gasteiger partial charge in [-0.15, -0.1) is 13.2 Å². The van der Waals surface area contributed by atoms with Gasteiger partial charge < -0.3 is 14.6 Å². The van der Waals surface area contributed by atoms with Crippen molar-refractivity contribution in [3.05, 3.63) is 58.7 Å². The van der Waals surface area contributed by atoms with Crippen LogP contribution in [0.3, 0.4) is 0 Å². The number of ether oxygens (including phenoxy) is 2. The number of anilines is 1. The van der Waals surface area contributed by atoms with Gasteiger partial charge in [0.05, 0.1) is 29.4 Å². The van der Waals surface area contributed by atoms with E-state index in [1.165, 1.54) is 6.92 Å². The van der Waals surface area contributed by atoms with Gasteiger partial charge in [-0.1, -0.05) is 13.8 Å². The minimum atomic E-state index is -5.16. The molecule has 0 unspecified atom stereocenters. The zero-order chi connectivity index (χ0) is 31.1. The summed E-state index contributed by atoms with van der Waals surface area (Å²) in [5.74, 6) is -0.996. The molecule has 41 heavy (non-hydrogen) atoms. The molecule has 0 spiro atoms. The molecule has 1 heterocycles. The zero-order valence-electron chi connectivity index (χ0n) is 21.5. The number of rotatable bonds is 7. The van der Waals surface area contributed by atoms with Crippen molar-refractivity contribution in [1.29, 1.82) is 0 Å². The lowest BCUT2D eigenvalue weighted by Crippen LogP contribution is -2.36. The van der Waals surface area contributed by atoms with Crippen LogP contribution in [-0.2, 0) is 23.6 Å². The molecule has 2 atom stereocenters. The van der Waals surface area contributed by atoms with Crippen LogP contribution >= 0.6 is 0 Å². The van der Waals surface area contributed by atoms with Gasteiger partial charge in [-0.3, -0.25) is 9.80 Å². The molecule has 3 rings (SSSR count). The number of hydrogen-bond donors (Lipinski definition) is 1. The Hall–Kier alpha value is -3.85. The van der Waals surface area contributed by atoms with Crippen molar-refractivity contribution >= 4 is 17.9 Å². The second kappa shape index (κ2) is 11.2. The van der Waals surface area contributed by atoms with E-state index in [-0.39, 0.29) is 29.8 Å². The predicted molar refractivity (Wildman–Crippen MR) is 124 cm³/mol. The second-order valence-electron chi connectivity index (χ2n) is 9.64. The van der Waals surface area contributed by atoms with Crippen LogP contribution in [0, 0.1) is 5.92 Å². The van der Waals surface area contributed by atoms with E-state index in [2.05, 4.69) is 4.74 Å². The first-order valence-corrected chi connectivity index (χ1v) is 11.8. The summed E-state index contributed by atoms with van der Waals surface area (Å²) in [5, 5.41) is 9.72. The normalized spacial score (nSPS) is 18.1. The second-order valence-corrected chi connectivity index (χ2v) is 9.64. The number of nitrogens with zero attached hydrogens (tertiary/aromatic N) is 2. The maximum absolute atomic E-state index is 13.4. The Kier molecular flexibility index (Phi) is 8.65. The van der Waals surface area contributed by atoms with Crippen LogP contribution < -0.4 is 9.64 Å².